The van der Waals surface area contributed by atoms with E-state index >= 15 is 0 Å². The molecule has 2 heteroatoms. The summed E-state index contributed by atoms with van der Waals surface area (Å²) < 4.78 is 0. The molecular weight excluding hydrogens is 512 g/mol. The summed E-state index contributed by atoms with van der Waals surface area (Å²) in [6.07, 6.45) is 28.3. The van der Waals surface area contributed by atoms with Crippen LogP contribution in [0.3, 0.4) is 0 Å². The summed E-state index contributed by atoms with van der Waals surface area (Å²) in [4.78, 5) is 0. The van der Waals surface area contributed by atoms with E-state index < -0.39 is 0 Å². The Bertz CT molecular complexity index is 1270. The number of aliphatic hydroxyl groups excluding tert-OH is 2. The van der Waals surface area contributed by atoms with Crippen molar-refractivity contribution in [3.05, 3.63) is 106 Å². The highest BCUT2D eigenvalue weighted by atomic mass is 16.3. The molecule has 2 N–H and O–H groups in total. The van der Waals surface area contributed by atoms with Crippen molar-refractivity contribution in [2.24, 2.45) is 22.7 Å². The summed E-state index contributed by atoms with van der Waals surface area (Å²) in [6.45, 7) is 21.6. The van der Waals surface area contributed by atoms with E-state index in [0.29, 0.717) is 11.8 Å². The number of hydrogen-bond acceptors (Lipinski definition) is 2. The van der Waals surface area contributed by atoms with Crippen molar-refractivity contribution in [3.63, 3.8) is 0 Å². The van der Waals surface area contributed by atoms with Crippen molar-refractivity contribution in [2.75, 3.05) is 0 Å². The molecule has 1 fully saturated rings. The highest BCUT2D eigenvalue weighted by Gasteiger charge is 2.39. The molecule has 0 aromatic rings. The van der Waals surface area contributed by atoms with Gasteiger partial charge >= 0.3 is 0 Å². The summed E-state index contributed by atoms with van der Waals surface area (Å²) in [7, 11) is 0. The van der Waals surface area contributed by atoms with Gasteiger partial charge in [0.25, 0.3) is 0 Å². The Morgan fingerprint density at radius 1 is 0.762 bits per heavy atom. The Labute approximate surface area is 257 Å². The molecule has 0 amide bonds. The first-order chi connectivity index (χ1) is 19.6. The fraction of sp³-hybridized carbons (Fsp3) is 0.500. The maximum Gasteiger partial charge on any atom is 0.0586 e. The van der Waals surface area contributed by atoms with Crippen LogP contribution < -0.4 is 0 Å². The third-order valence-corrected chi connectivity index (χ3v) is 8.52. The van der Waals surface area contributed by atoms with Crippen LogP contribution in [0.25, 0.3) is 0 Å². The highest BCUT2D eigenvalue weighted by molar-refractivity contribution is 5.45. The van der Waals surface area contributed by atoms with Crippen molar-refractivity contribution in [3.8, 4) is 11.8 Å². The Balaban J connectivity index is 1.90. The van der Waals surface area contributed by atoms with Crippen LogP contribution in [0.15, 0.2) is 106 Å². The van der Waals surface area contributed by atoms with Crippen molar-refractivity contribution >= 4 is 0 Å². The van der Waals surface area contributed by atoms with Gasteiger partial charge in [-0.15, -0.1) is 0 Å². The van der Waals surface area contributed by atoms with E-state index in [4.69, 9.17) is 0 Å². The first kappa shape index (κ1) is 35.3. The minimum absolute atomic E-state index is 0.0799. The third kappa shape index (κ3) is 11.8. The summed E-state index contributed by atoms with van der Waals surface area (Å²) >= 11 is 0. The zero-order valence-electron chi connectivity index (χ0n) is 28.0. The fourth-order valence-corrected chi connectivity index (χ4v) is 6.43. The van der Waals surface area contributed by atoms with Gasteiger partial charge < -0.3 is 10.2 Å². The Hall–Kier alpha value is -2.86. The van der Waals surface area contributed by atoms with E-state index in [9.17, 15) is 10.2 Å². The minimum Gasteiger partial charge on any atom is -0.393 e. The van der Waals surface area contributed by atoms with Crippen molar-refractivity contribution < 1.29 is 10.2 Å². The lowest BCUT2D eigenvalue weighted by atomic mass is 9.63. The van der Waals surface area contributed by atoms with Crippen LogP contribution in [-0.4, -0.2) is 22.4 Å². The molecule has 2 aliphatic carbocycles. The SMILES string of the molecule is CC(C#CC1=C(C)CC(O)CC1(C)C)=CC=CC(C)=CC=CC=C(C)C=CC=C(C)C=CC1C(C)CC(O)CC1(C)C. The van der Waals surface area contributed by atoms with Crippen LogP contribution in [0.5, 0.6) is 0 Å². The van der Waals surface area contributed by atoms with Crippen LogP contribution in [-0.2, 0) is 0 Å². The molecular formula is C40H56O2. The van der Waals surface area contributed by atoms with E-state index in [-0.39, 0.29) is 23.0 Å². The smallest absolute Gasteiger partial charge is 0.0586 e. The van der Waals surface area contributed by atoms with Crippen LogP contribution in [0.4, 0.5) is 0 Å². The molecule has 0 spiro atoms. The second kappa shape index (κ2) is 16.1. The average Bonchev–Trinajstić information content (AvgIpc) is 2.84. The average molecular weight is 569 g/mol. The molecule has 0 aromatic heterocycles. The topological polar surface area (TPSA) is 40.5 Å². The van der Waals surface area contributed by atoms with Gasteiger partial charge in [-0.05, 0) is 83.1 Å². The van der Waals surface area contributed by atoms with Crippen LogP contribution in [0.1, 0.15) is 94.9 Å². The molecule has 4 unspecified atom stereocenters. The molecule has 4 atom stereocenters. The van der Waals surface area contributed by atoms with E-state index in [2.05, 4.69) is 141 Å². The lowest BCUT2D eigenvalue weighted by Crippen LogP contribution is -2.38. The fourth-order valence-electron chi connectivity index (χ4n) is 6.43. The number of aliphatic hydroxyl groups is 2. The van der Waals surface area contributed by atoms with Gasteiger partial charge in [-0.2, -0.15) is 0 Å². The lowest BCUT2D eigenvalue weighted by Gasteiger charge is -2.43. The molecule has 0 aromatic carbocycles. The van der Waals surface area contributed by atoms with Crippen molar-refractivity contribution in [1.82, 2.24) is 0 Å². The van der Waals surface area contributed by atoms with Gasteiger partial charge in [0.2, 0.25) is 0 Å². The van der Waals surface area contributed by atoms with E-state index in [1.807, 2.05) is 13.0 Å². The molecule has 2 nitrogen and oxygen atoms in total. The quantitative estimate of drug-likeness (QED) is 0.226. The largest absolute Gasteiger partial charge is 0.393 e. The predicted molar refractivity (Wildman–Crippen MR) is 183 cm³/mol. The number of hydrogen-bond donors (Lipinski definition) is 2. The van der Waals surface area contributed by atoms with Gasteiger partial charge in [-0.1, -0.05) is 142 Å². The van der Waals surface area contributed by atoms with Crippen LogP contribution in [0, 0.1) is 34.5 Å². The van der Waals surface area contributed by atoms with Crippen molar-refractivity contribution in [1.29, 1.82) is 0 Å². The van der Waals surface area contributed by atoms with Crippen LogP contribution >= 0.6 is 0 Å². The normalized spacial score (nSPS) is 27.9. The first-order valence-corrected chi connectivity index (χ1v) is 15.6. The molecule has 0 bridgehead atoms. The first-order valence-electron chi connectivity index (χ1n) is 15.6. The number of allylic oxidation sites excluding steroid dienone is 17. The summed E-state index contributed by atoms with van der Waals surface area (Å²) in [5.41, 5.74) is 7.03. The molecule has 0 saturated heterocycles. The molecule has 42 heavy (non-hydrogen) atoms. The molecule has 2 rings (SSSR count). The Kier molecular flexibility index (Phi) is 13.6. The molecule has 2 aliphatic rings. The second-order valence-electron chi connectivity index (χ2n) is 14.0. The van der Waals surface area contributed by atoms with Gasteiger partial charge in [-0.3, -0.25) is 0 Å². The Morgan fingerprint density at radius 2 is 1.31 bits per heavy atom. The van der Waals surface area contributed by atoms with Gasteiger partial charge in [0.1, 0.15) is 0 Å². The predicted octanol–water partition coefficient (Wildman–Crippen LogP) is 9.93. The van der Waals surface area contributed by atoms with Gasteiger partial charge in [0.15, 0.2) is 0 Å². The summed E-state index contributed by atoms with van der Waals surface area (Å²) in [5, 5.41) is 20.2. The number of rotatable bonds is 8. The van der Waals surface area contributed by atoms with Crippen LogP contribution in [0.2, 0.25) is 0 Å². The van der Waals surface area contributed by atoms with E-state index in [0.717, 1.165) is 31.3 Å². The molecule has 228 valence electrons. The van der Waals surface area contributed by atoms with E-state index in [1.54, 1.807) is 0 Å². The van der Waals surface area contributed by atoms with Crippen molar-refractivity contribution in [2.45, 2.75) is 107 Å². The maximum atomic E-state index is 10.1. The maximum absolute atomic E-state index is 10.1. The molecule has 1 saturated carbocycles. The third-order valence-electron chi connectivity index (χ3n) is 8.52. The standard InChI is InChI=1S/C40H56O2/c1-29(17-13-19-31(3)21-23-37-33(5)25-35(41)27-39(37,7)8)15-11-12-16-30(2)18-14-20-32(4)22-24-38-34(6)26-36(42)28-40(38,9)10/h11-21,23,33,35-37,41-42H,25-28H2,1-10H3. The minimum atomic E-state index is -0.259. The zero-order chi connectivity index (χ0) is 31.5. The highest BCUT2D eigenvalue weighted by Crippen LogP contribution is 2.45. The van der Waals surface area contributed by atoms with Gasteiger partial charge in [-0.25, -0.2) is 0 Å². The summed E-state index contributed by atoms with van der Waals surface area (Å²) in [6, 6.07) is 0. The molecule has 0 heterocycles. The molecule has 0 radical (unpaired) electrons. The van der Waals surface area contributed by atoms with E-state index in [1.165, 1.54) is 27.9 Å². The van der Waals surface area contributed by atoms with Gasteiger partial charge in [0, 0.05) is 11.0 Å². The zero-order valence-corrected chi connectivity index (χ0v) is 28.0. The van der Waals surface area contributed by atoms with Gasteiger partial charge in [0.05, 0.1) is 12.2 Å². The summed E-state index contributed by atoms with van der Waals surface area (Å²) in [5.74, 6) is 7.66. The lowest BCUT2D eigenvalue weighted by molar-refractivity contribution is 0.00771. The molecule has 0 aliphatic heterocycles. The monoisotopic (exact) mass is 568 g/mol. The second-order valence-corrected chi connectivity index (χ2v) is 14.0. The Morgan fingerprint density at radius 3 is 1.88 bits per heavy atom.